The highest BCUT2D eigenvalue weighted by atomic mass is 35.8. The standard InChI is InChI=1S/C6H15Cl3Si2/c7-11(8,9)6-4-2-1-3-5-10/h1-6H2,10H3. The molecular weight excluding hydrogens is 235 g/mol. The minimum absolute atomic E-state index is 0.832. The SMILES string of the molecule is [SiH3]CCCCCC[Si](Cl)(Cl)Cl. The Bertz CT molecular complexity index is 92.3. The van der Waals surface area contributed by atoms with Gasteiger partial charge >= 0.3 is 6.00 Å². The molecule has 68 valence electrons. The summed E-state index contributed by atoms with van der Waals surface area (Å²) in [5.74, 6) is 0. The van der Waals surface area contributed by atoms with Gasteiger partial charge in [0, 0.05) is 10.2 Å². The molecule has 0 aromatic carbocycles. The van der Waals surface area contributed by atoms with Gasteiger partial charge in [0.2, 0.25) is 0 Å². The summed E-state index contributed by atoms with van der Waals surface area (Å²) < 4.78 is 0. The molecule has 0 saturated heterocycles. The van der Waals surface area contributed by atoms with E-state index in [0.717, 1.165) is 12.5 Å². The average Bonchev–Trinajstić information content (AvgIpc) is 1.85. The second-order valence-electron chi connectivity index (χ2n) is 2.78. The summed E-state index contributed by atoms with van der Waals surface area (Å²) in [4.78, 5) is 0. The van der Waals surface area contributed by atoms with Crippen LogP contribution in [0, 0.1) is 0 Å². The van der Waals surface area contributed by atoms with E-state index in [1.807, 2.05) is 0 Å². The molecule has 0 spiro atoms. The molecule has 0 saturated carbocycles. The first-order valence-electron chi connectivity index (χ1n) is 4.13. The summed E-state index contributed by atoms with van der Waals surface area (Å²) in [6.07, 6.45) is 5.03. The van der Waals surface area contributed by atoms with Crippen LogP contribution in [0.3, 0.4) is 0 Å². The quantitative estimate of drug-likeness (QED) is 0.386. The van der Waals surface area contributed by atoms with E-state index in [4.69, 9.17) is 33.2 Å². The fraction of sp³-hybridized carbons (Fsp3) is 1.00. The van der Waals surface area contributed by atoms with Crippen LogP contribution >= 0.6 is 33.2 Å². The Morgan fingerprint density at radius 1 is 0.909 bits per heavy atom. The summed E-state index contributed by atoms with van der Waals surface area (Å²) in [6.45, 7) is 0. The van der Waals surface area contributed by atoms with Crippen LogP contribution in [-0.2, 0) is 0 Å². The van der Waals surface area contributed by atoms with Crippen LogP contribution in [0.1, 0.15) is 25.7 Å². The van der Waals surface area contributed by atoms with Crippen molar-refractivity contribution in [3.8, 4) is 0 Å². The molecule has 0 N–H and O–H groups in total. The normalized spacial score (nSPS) is 12.3. The molecule has 0 heterocycles. The van der Waals surface area contributed by atoms with Crippen molar-refractivity contribution in [1.82, 2.24) is 0 Å². The fourth-order valence-corrected chi connectivity index (χ4v) is 3.28. The Kier molecular flexibility index (Phi) is 7.58. The maximum atomic E-state index is 5.72. The van der Waals surface area contributed by atoms with Crippen molar-refractivity contribution in [3.63, 3.8) is 0 Å². The number of halogens is 3. The minimum Gasteiger partial charge on any atom is -0.126 e. The zero-order valence-corrected chi connectivity index (χ0v) is 12.1. The van der Waals surface area contributed by atoms with Gasteiger partial charge in [-0.15, -0.1) is 33.2 Å². The molecule has 0 aromatic heterocycles. The highest BCUT2D eigenvalue weighted by molar-refractivity contribution is 7.64. The molecular formula is C6H15Cl3Si2. The van der Waals surface area contributed by atoms with Crippen molar-refractivity contribution in [2.24, 2.45) is 0 Å². The lowest BCUT2D eigenvalue weighted by molar-refractivity contribution is 0.700. The lowest BCUT2D eigenvalue weighted by Gasteiger charge is -2.05. The first-order chi connectivity index (χ1) is 5.06. The monoisotopic (exact) mass is 248 g/mol. The maximum Gasteiger partial charge on any atom is 0.341 e. The number of hydrogen-bond acceptors (Lipinski definition) is 0. The summed E-state index contributed by atoms with van der Waals surface area (Å²) >= 11 is 17.2. The lowest BCUT2D eigenvalue weighted by atomic mass is 10.2. The molecule has 0 unspecified atom stereocenters. The Labute approximate surface area is 87.1 Å². The van der Waals surface area contributed by atoms with Gasteiger partial charge in [0.05, 0.1) is 0 Å². The molecule has 0 aliphatic rings. The highest BCUT2D eigenvalue weighted by Crippen LogP contribution is 2.27. The Balaban J connectivity index is 3.02. The van der Waals surface area contributed by atoms with Crippen molar-refractivity contribution in [1.29, 1.82) is 0 Å². The fourth-order valence-electron chi connectivity index (χ4n) is 0.929. The van der Waals surface area contributed by atoms with Gasteiger partial charge in [0.25, 0.3) is 0 Å². The molecule has 5 heteroatoms. The molecule has 0 fully saturated rings. The van der Waals surface area contributed by atoms with Gasteiger partial charge in [-0.2, -0.15) is 0 Å². The molecule has 0 nitrogen and oxygen atoms in total. The van der Waals surface area contributed by atoms with Crippen LogP contribution in [0.5, 0.6) is 0 Å². The third-order valence-electron chi connectivity index (χ3n) is 1.56. The van der Waals surface area contributed by atoms with Crippen LogP contribution in [0.4, 0.5) is 0 Å². The third kappa shape index (κ3) is 11.3. The Hall–Kier alpha value is 1.30. The average molecular weight is 250 g/mol. The predicted molar refractivity (Wildman–Crippen MR) is 61.3 cm³/mol. The second kappa shape index (κ2) is 6.78. The minimum atomic E-state index is -2.29. The van der Waals surface area contributed by atoms with Crippen LogP contribution in [0.25, 0.3) is 0 Å². The first kappa shape index (κ1) is 12.3. The van der Waals surface area contributed by atoms with E-state index in [-0.39, 0.29) is 0 Å². The third-order valence-corrected chi connectivity index (χ3v) is 4.89. The molecule has 0 aliphatic heterocycles. The van der Waals surface area contributed by atoms with Crippen LogP contribution in [-0.4, -0.2) is 16.2 Å². The van der Waals surface area contributed by atoms with E-state index in [9.17, 15) is 0 Å². The molecule has 0 aliphatic carbocycles. The Morgan fingerprint density at radius 2 is 1.45 bits per heavy atom. The molecule has 11 heavy (non-hydrogen) atoms. The molecule has 0 rings (SSSR count). The van der Waals surface area contributed by atoms with Crippen LogP contribution in [0.2, 0.25) is 12.1 Å². The molecule has 0 atom stereocenters. The molecule has 0 amide bonds. The van der Waals surface area contributed by atoms with Crippen LogP contribution in [0.15, 0.2) is 0 Å². The number of hydrogen-bond donors (Lipinski definition) is 0. The van der Waals surface area contributed by atoms with E-state index >= 15 is 0 Å². The van der Waals surface area contributed by atoms with Crippen molar-refractivity contribution < 1.29 is 0 Å². The van der Waals surface area contributed by atoms with Gasteiger partial charge in [0.15, 0.2) is 0 Å². The predicted octanol–water partition coefficient (Wildman–Crippen LogP) is 2.99. The largest absolute Gasteiger partial charge is 0.341 e. The zero-order chi connectivity index (χ0) is 8.74. The summed E-state index contributed by atoms with van der Waals surface area (Å²) in [6, 6.07) is -0.0520. The second-order valence-corrected chi connectivity index (χ2v) is 13.1. The topological polar surface area (TPSA) is 0 Å². The van der Waals surface area contributed by atoms with E-state index in [0.29, 0.717) is 0 Å². The van der Waals surface area contributed by atoms with Crippen LogP contribution < -0.4 is 0 Å². The van der Waals surface area contributed by atoms with Crippen molar-refractivity contribution in [3.05, 3.63) is 0 Å². The summed E-state index contributed by atoms with van der Waals surface area (Å²) in [7, 11) is 1.33. The number of rotatable bonds is 6. The van der Waals surface area contributed by atoms with Gasteiger partial charge in [-0.05, 0) is 6.04 Å². The van der Waals surface area contributed by atoms with Crippen molar-refractivity contribution in [2.75, 3.05) is 0 Å². The van der Waals surface area contributed by atoms with Crippen molar-refractivity contribution >= 4 is 49.5 Å². The molecule has 0 bridgehead atoms. The summed E-state index contributed by atoms with van der Waals surface area (Å²) in [5.41, 5.74) is 0. The summed E-state index contributed by atoms with van der Waals surface area (Å²) in [5, 5.41) is 0. The van der Waals surface area contributed by atoms with Gasteiger partial charge in [-0.3, -0.25) is 0 Å². The van der Waals surface area contributed by atoms with Gasteiger partial charge in [-0.25, -0.2) is 0 Å². The van der Waals surface area contributed by atoms with Crippen molar-refractivity contribution in [2.45, 2.75) is 37.8 Å². The Morgan fingerprint density at radius 3 is 1.91 bits per heavy atom. The zero-order valence-electron chi connectivity index (χ0n) is 6.88. The highest BCUT2D eigenvalue weighted by Gasteiger charge is 2.23. The van der Waals surface area contributed by atoms with Gasteiger partial charge in [0.1, 0.15) is 0 Å². The maximum absolute atomic E-state index is 5.72. The number of unbranched alkanes of at least 4 members (excludes halogenated alkanes) is 3. The van der Waals surface area contributed by atoms with Gasteiger partial charge in [-0.1, -0.05) is 31.7 Å². The smallest absolute Gasteiger partial charge is 0.126 e. The van der Waals surface area contributed by atoms with Gasteiger partial charge < -0.3 is 0 Å². The molecule has 0 aromatic rings. The first-order valence-corrected chi connectivity index (χ1v) is 10.8. The molecule has 0 radical (unpaired) electrons. The van der Waals surface area contributed by atoms with E-state index in [1.165, 1.54) is 35.5 Å². The van der Waals surface area contributed by atoms with E-state index < -0.39 is 6.00 Å². The van der Waals surface area contributed by atoms with E-state index in [2.05, 4.69) is 0 Å². The lowest BCUT2D eigenvalue weighted by Crippen LogP contribution is -2.07. The van der Waals surface area contributed by atoms with E-state index in [1.54, 1.807) is 0 Å².